The average molecular weight is 441 g/mol. The summed E-state index contributed by atoms with van der Waals surface area (Å²) in [6, 6.07) is 15.7. The molecule has 0 aliphatic heterocycles. The summed E-state index contributed by atoms with van der Waals surface area (Å²) in [6.07, 6.45) is 1.36. The molecule has 0 saturated carbocycles. The van der Waals surface area contributed by atoms with Crippen LogP contribution in [0.25, 0.3) is 0 Å². The number of hydrogen-bond donors (Lipinski definition) is 1. The van der Waals surface area contributed by atoms with Gasteiger partial charge in [-0.2, -0.15) is 9.68 Å². The van der Waals surface area contributed by atoms with E-state index in [-0.39, 0.29) is 17.1 Å². The monoisotopic (exact) mass is 440 g/mol. The second-order valence-corrected chi connectivity index (χ2v) is 6.75. The summed E-state index contributed by atoms with van der Waals surface area (Å²) in [5.41, 5.74) is 1.09. The Morgan fingerprint density at radius 3 is 2.47 bits per heavy atom. The van der Waals surface area contributed by atoms with E-state index in [1.807, 2.05) is 6.07 Å². The Balaban J connectivity index is 1.91. The molecule has 3 aromatic rings. The van der Waals surface area contributed by atoms with Crippen molar-refractivity contribution >= 4 is 46.7 Å². The van der Waals surface area contributed by atoms with Crippen LogP contribution in [0.1, 0.15) is 26.3 Å². The summed E-state index contributed by atoms with van der Waals surface area (Å²) >= 11 is 12.0. The third-order valence-corrected chi connectivity index (χ3v) is 4.62. The van der Waals surface area contributed by atoms with Crippen LogP contribution in [0.4, 0.5) is 11.5 Å². The molecule has 9 heteroatoms. The Hall–Kier alpha value is -3.60. The number of nitrogens with one attached hydrogen (secondary N) is 1. The maximum absolute atomic E-state index is 13.0. The number of carbonyl (C=O) groups is 2. The predicted octanol–water partition coefficient (Wildman–Crippen LogP) is 4.67. The van der Waals surface area contributed by atoms with Gasteiger partial charge in [-0.3, -0.25) is 9.59 Å². The molecule has 0 atom stereocenters. The number of hydrogen-bond acceptors (Lipinski definition) is 5. The number of anilines is 2. The van der Waals surface area contributed by atoms with Crippen LogP contribution in [0.15, 0.2) is 60.8 Å². The number of carbonyl (C=O) groups excluding carboxylic acids is 2. The van der Waals surface area contributed by atoms with Crippen molar-refractivity contribution in [3.63, 3.8) is 0 Å². The molecule has 0 aliphatic carbocycles. The number of pyridine rings is 1. The van der Waals surface area contributed by atoms with E-state index in [1.165, 1.54) is 55.8 Å². The zero-order chi connectivity index (χ0) is 21.7. The number of rotatable bonds is 5. The second kappa shape index (κ2) is 9.27. The SMILES string of the molecule is COc1ccc(NC(=O)c2ccc(C#N)cc2)c(C(=O)N(Cl)c2ccc(Cl)cn2)c1. The molecule has 1 aromatic heterocycles. The van der Waals surface area contributed by atoms with Crippen molar-refractivity contribution in [2.24, 2.45) is 0 Å². The van der Waals surface area contributed by atoms with Crippen molar-refractivity contribution in [1.82, 2.24) is 4.98 Å². The summed E-state index contributed by atoms with van der Waals surface area (Å²) in [7, 11) is 1.46. The fraction of sp³-hybridized carbons (Fsp3) is 0.0476. The molecule has 1 heterocycles. The highest BCUT2D eigenvalue weighted by molar-refractivity contribution is 6.39. The van der Waals surface area contributed by atoms with Gasteiger partial charge in [-0.25, -0.2) is 4.98 Å². The lowest BCUT2D eigenvalue weighted by Crippen LogP contribution is -2.24. The summed E-state index contributed by atoms with van der Waals surface area (Å²) < 4.78 is 6.01. The highest BCUT2D eigenvalue weighted by Gasteiger charge is 2.22. The van der Waals surface area contributed by atoms with E-state index in [2.05, 4.69) is 10.3 Å². The Kier molecular flexibility index (Phi) is 6.52. The van der Waals surface area contributed by atoms with Crippen LogP contribution in [0.2, 0.25) is 5.02 Å². The van der Waals surface area contributed by atoms with Crippen LogP contribution >= 0.6 is 23.4 Å². The molecule has 0 saturated heterocycles. The molecule has 2 amide bonds. The molecular weight excluding hydrogens is 427 g/mol. The normalized spacial score (nSPS) is 10.1. The highest BCUT2D eigenvalue weighted by Crippen LogP contribution is 2.27. The van der Waals surface area contributed by atoms with Crippen molar-refractivity contribution < 1.29 is 14.3 Å². The van der Waals surface area contributed by atoms with Gasteiger partial charge in [-0.15, -0.1) is 0 Å². The number of nitriles is 1. The molecule has 0 radical (unpaired) electrons. The molecule has 3 rings (SSSR count). The van der Waals surface area contributed by atoms with Crippen LogP contribution in [0, 0.1) is 11.3 Å². The molecule has 0 spiro atoms. The van der Waals surface area contributed by atoms with Crippen LogP contribution in [0.5, 0.6) is 5.75 Å². The molecule has 2 aromatic carbocycles. The minimum absolute atomic E-state index is 0.100. The Morgan fingerprint density at radius 2 is 1.87 bits per heavy atom. The highest BCUT2D eigenvalue weighted by atomic mass is 35.5. The van der Waals surface area contributed by atoms with Crippen LogP contribution < -0.4 is 14.5 Å². The molecule has 30 heavy (non-hydrogen) atoms. The van der Waals surface area contributed by atoms with Crippen molar-refractivity contribution in [3.05, 3.63) is 82.5 Å². The molecular formula is C21H14Cl2N4O3. The van der Waals surface area contributed by atoms with Crippen molar-refractivity contribution in [1.29, 1.82) is 5.26 Å². The smallest absolute Gasteiger partial charge is 0.276 e. The summed E-state index contributed by atoms with van der Waals surface area (Å²) in [6.45, 7) is 0. The van der Waals surface area contributed by atoms with Crippen molar-refractivity contribution in [2.45, 2.75) is 0 Å². The molecule has 0 unspecified atom stereocenters. The maximum Gasteiger partial charge on any atom is 0.276 e. The Morgan fingerprint density at radius 1 is 1.13 bits per heavy atom. The lowest BCUT2D eigenvalue weighted by Gasteiger charge is -2.17. The minimum Gasteiger partial charge on any atom is -0.497 e. The fourth-order valence-electron chi connectivity index (χ4n) is 2.52. The lowest BCUT2D eigenvalue weighted by molar-refractivity contribution is 0.101. The van der Waals surface area contributed by atoms with Gasteiger partial charge in [0.05, 0.1) is 35.0 Å². The van der Waals surface area contributed by atoms with Gasteiger partial charge in [0, 0.05) is 23.5 Å². The van der Waals surface area contributed by atoms with Crippen LogP contribution in [-0.2, 0) is 0 Å². The quantitative estimate of drug-likeness (QED) is 0.581. The van der Waals surface area contributed by atoms with Gasteiger partial charge in [0.25, 0.3) is 11.8 Å². The maximum atomic E-state index is 13.0. The van der Waals surface area contributed by atoms with Gasteiger partial charge in [0.2, 0.25) is 0 Å². The van der Waals surface area contributed by atoms with E-state index >= 15 is 0 Å². The zero-order valence-electron chi connectivity index (χ0n) is 15.6. The number of ether oxygens (including phenoxy) is 1. The molecule has 7 nitrogen and oxygen atoms in total. The van der Waals surface area contributed by atoms with E-state index in [1.54, 1.807) is 12.1 Å². The first-order valence-corrected chi connectivity index (χ1v) is 9.26. The molecule has 150 valence electrons. The van der Waals surface area contributed by atoms with Crippen LogP contribution in [0.3, 0.4) is 0 Å². The summed E-state index contributed by atoms with van der Waals surface area (Å²) in [5.74, 6) is -0.507. The van der Waals surface area contributed by atoms with Gasteiger partial charge in [0.15, 0.2) is 5.82 Å². The minimum atomic E-state index is -0.625. The zero-order valence-corrected chi connectivity index (χ0v) is 17.1. The van der Waals surface area contributed by atoms with E-state index < -0.39 is 11.8 Å². The first-order valence-electron chi connectivity index (χ1n) is 8.54. The number of benzene rings is 2. The predicted molar refractivity (Wildman–Crippen MR) is 114 cm³/mol. The van der Waals surface area contributed by atoms with Gasteiger partial charge in [-0.05, 0) is 54.6 Å². The molecule has 0 fully saturated rings. The average Bonchev–Trinajstić information content (AvgIpc) is 2.79. The van der Waals surface area contributed by atoms with E-state index in [0.717, 1.165) is 4.42 Å². The molecule has 1 N–H and O–H groups in total. The number of nitrogens with zero attached hydrogens (tertiary/aromatic N) is 3. The largest absolute Gasteiger partial charge is 0.497 e. The van der Waals surface area contributed by atoms with Crippen LogP contribution in [-0.4, -0.2) is 23.9 Å². The Labute approximate surface area is 182 Å². The Bertz CT molecular complexity index is 1130. The second-order valence-electron chi connectivity index (χ2n) is 5.98. The molecule has 0 bridgehead atoms. The van der Waals surface area contributed by atoms with Gasteiger partial charge in [-0.1, -0.05) is 11.6 Å². The topological polar surface area (TPSA) is 95.3 Å². The fourth-order valence-corrected chi connectivity index (χ4v) is 2.82. The first-order chi connectivity index (χ1) is 14.4. The summed E-state index contributed by atoms with van der Waals surface area (Å²) in [5, 5.41) is 12.0. The lowest BCUT2D eigenvalue weighted by atomic mass is 10.1. The van der Waals surface area contributed by atoms with Crippen molar-refractivity contribution in [2.75, 3.05) is 16.8 Å². The summed E-state index contributed by atoms with van der Waals surface area (Å²) in [4.78, 5) is 29.6. The standard InChI is InChI=1S/C21H14Cl2N4O3/c1-30-16-7-8-18(26-20(28)14-4-2-13(11-24)3-5-14)17(10-16)21(29)27(23)19-9-6-15(22)12-25-19/h2-10,12H,1H3,(H,26,28). The number of aromatic nitrogens is 1. The van der Waals surface area contributed by atoms with Gasteiger partial charge in [0.1, 0.15) is 5.75 Å². The third-order valence-electron chi connectivity index (χ3n) is 4.07. The first kappa shape index (κ1) is 21.1. The van der Waals surface area contributed by atoms with E-state index in [9.17, 15) is 9.59 Å². The van der Waals surface area contributed by atoms with E-state index in [0.29, 0.717) is 21.9 Å². The van der Waals surface area contributed by atoms with Gasteiger partial charge < -0.3 is 10.1 Å². The van der Waals surface area contributed by atoms with Crippen molar-refractivity contribution in [3.8, 4) is 11.8 Å². The number of amides is 2. The number of methoxy groups -OCH3 is 1. The van der Waals surface area contributed by atoms with Gasteiger partial charge >= 0.3 is 0 Å². The number of halogens is 2. The third kappa shape index (κ3) is 4.69. The van der Waals surface area contributed by atoms with E-state index in [4.69, 9.17) is 33.4 Å². The molecule has 0 aliphatic rings.